The SMILES string of the molecule is O=S(=O)(O)CCP(C12CC3CC(CC(C3)C1)C2)C12CC3CC(CC(C3)C1)C2. The molecule has 27 heavy (non-hydrogen) atoms. The van der Waals surface area contributed by atoms with Gasteiger partial charge in [-0.1, -0.05) is 7.92 Å². The van der Waals surface area contributed by atoms with Gasteiger partial charge in [-0.25, -0.2) is 0 Å². The van der Waals surface area contributed by atoms with Crippen molar-refractivity contribution >= 4 is 18.0 Å². The van der Waals surface area contributed by atoms with Gasteiger partial charge in [-0.2, -0.15) is 8.42 Å². The lowest BCUT2D eigenvalue weighted by Gasteiger charge is -2.67. The molecule has 3 nitrogen and oxygen atoms in total. The molecule has 0 radical (unpaired) electrons. The lowest BCUT2D eigenvalue weighted by atomic mass is 9.55. The Kier molecular flexibility index (Phi) is 3.99. The Hall–Kier alpha value is 0.340. The van der Waals surface area contributed by atoms with Crippen molar-refractivity contribution in [1.29, 1.82) is 0 Å². The average Bonchev–Trinajstić information content (AvgIpc) is 2.50. The minimum absolute atomic E-state index is 0.0300. The predicted octanol–water partition coefficient (Wildman–Crippen LogP) is 5.29. The highest BCUT2D eigenvalue weighted by atomic mass is 32.2. The minimum atomic E-state index is -3.85. The van der Waals surface area contributed by atoms with E-state index in [2.05, 4.69) is 0 Å². The van der Waals surface area contributed by atoms with E-state index in [4.69, 9.17) is 0 Å². The number of hydrogen-bond donors (Lipinski definition) is 1. The average molecular weight is 411 g/mol. The topological polar surface area (TPSA) is 54.4 Å². The minimum Gasteiger partial charge on any atom is -0.286 e. The maximum Gasteiger partial charge on any atom is 0.265 e. The maximum atomic E-state index is 11.8. The van der Waals surface area contributed by atoms with Gasteiger partial charge < -0.3 is 0 Å². The molecule has 0 amide bonds. The van der Waals surface area contributed by atoms with Crippen LogP contribution in [-0.2, 0) is 10.1 Å². The van der Waals surface area contributed by atoms with Gasteiger partial charge in [0, 0.05) is 0 Å². The van der Waals surface area contributed by atoms with E-state index in [9.17, 15) is 13.0 Å². The molecular formula is C22H35O3PS. The summed E-state index contributed by atoms with van der Waals surface area (Å²) in [5.41, 5.74) is 0. The summed E-state index contributed by atoms with van der Waals surface area (Å²) in [6, 6.07) is 0. The fourth-order valence-electron chi connectivity index (χ4n) is 9.98. The Morgan fingerprint density at radius 2 is 0.963 bits per heavy atom. The van der Waals surface area contributed by atoms with Gasteiger partial charge in [0.25, 0.3) is 10.1 Å². The van der Waals surface area contributed by atoms with Crippen LogP contribution in [0.2, 0.25) is 0 Å². The lowest BCUT2D eigenvalue weighted by Crippen LogP contribution is -2.57. The quantitative estimate of drug-likeness (QED) is 0.495. The lowest BCUT2D eigenvalue weighted by molar-refractivity contribution is 0.0186. The molecule has 0 aromatic heterocycles. The molecule has 8 fully saturated rings. The van der Waals surface area contributed by atoms with Crippen molar-refractivity contribution in [1.82, 2.24) is 0 Å². The Labute approximate surface area is 165 Å². The van der Waals surface area contributed by atoms with Crippen LogP contribution in [0, 0.1) is 35.5 Å². The summed E-state index contributed by atoms with van der Waals surface area (Å²) in [5, 5.41) is 0.945. The monoisotopic (exact) mass is 410 g/mol. The van der Waals surface area contributed by atoms with E-state index >= 15 is 0 Å². The maximum absolute atomic E-state index is 11.8. The van der Waals surface area contributed by atoms with Gasteiger partial charge in [-0.3, -0.25) is 4.55 Å². The molecule has 8 bridgehead atoms. The zero-order chi connectivity index (χ0) is 18.4. The van der Waals surface area contributed by atoms with E-state index in [1.807, 2.05) is 0 Å². The predicted molar refractivity (Wildman–Crippen MR) is 110 cm³/mol. The van der Waals surface area contributed by atoms with Gasteiger partial charge in [-0.15, -0.1) is 0 Å². The summed E-state index contributed by atoms with van der Waals surface area (Å²) < 4.78 is 33.1. The number of hydrogen-bond acceptors (Lipinski definition) is 2. The van der Waals surface area contributed by atoms with Crippen LogP contribution in [0.4, 0.5) is 0 Å². The second kappa shape index (κ2) is 5.94. The molecule has 5 heteroatoms. The van der Waals surface area contributed by atoms with Crippen molar-refractivity contribution in [2.45, 2.75) is 87.4 Å². The van der Waals surface area contributed by atoms with Crippen LogP contribution in [0.15, 0.2) is 0 Å². The molecule has 0 aliphatic heterocycles. The first-order valence-electron chi connectivity index (χ1n) is 11.5. The van der Waals surface area contributed by atoms with Crippen LogP contribution < -0.4 is 0 Å². The van der Waals surface area contributed by atoms with E-state index in [1.165, 1.54) is 77.0 Å². The zero-order valence-electron chi connectivity index (χ0n) is 16.5. The first kappa shape index (κ1) is 18.1. The molecule has 8 saturated carbocycles. The van der Waals surface area contributed by atoms with Gasteiger partial charge in [-0.05, 0) is 129 Å². The highest BCUT2D eigenvalue weighted by molar-refractivity contribution is 7.86. The first-order valence-corrected chi connectivity index (χ1v) is 14.7. The summed E-state index contributed by atoms with van der Waals surface area (Å²) in [6.45, 7) is 0. The molecule has 0 aromatic carbocycles. The largest absolute Gasteiger partial charge is 0.286 e. The van der Waals surface area contributed by atoms with Gasteiger partial charge >= 0.3 is 0 Å². The van der Waals surface area contributed by atoms with Gasteiger partial charge in [0.05, 0.1) is 5.75 Å². The van der Waals surface area contributed by atoms with E-state index < -0.39 is 10.1 Å². The molecule has 8 rings (SSSR count). The summed E-state index contributed by atoms with van der Waals surface area (Å²) in [5.74, 6) is 5.62. The van der Waals surface area contributed by atoms with Crippen LogP contribution in [0.3, 0.4) is 0 Å². The molecule has 152 valence electrons. The summed E-state index contributed by atoms with van der Waals surface area (Å²) in [6.07, 6.45) is 18.0. The van der Waals surface area contributed by atoms with Crippen molar-refractivity contribution in [3.63, 3.8) is 0 Å². The van der Waals surface area contributed by atoms with Crippen molar-refractivity contribution < 1.29 is 13.0 Å². The molecule has 0 aromatic rings. The molecule has 0 atom stereocenters. The Balaban J connectivity index is 1.38. The van der Waals surface area contributed by atoms with Crippen LogP contribution in [0.5, 0.6) is 0 Å². The first-order chi connectivity index (χ1) is 12.8. The van der Waals surface area contributed by atoms with Crippen LogP contribution in [0.1, 0.15) is 77.0 Å². The van der Waals surface area contributed by atoms with Crippen LogP contribution in [0.25, 0.3) is 0 Å². The fraction of sp³-hybridized carbons (Fsp3) is 1.00. The van der Waals surface area contributed by atoms with Crippen molar-refractivity contribution in [3.05, 3.63) is 0 Å². The van der Waals surface area contributed by atoms with E-state index in [0.717, 1.165) is 41.7 Å². The van der Waals surface area contributed by atoms with E-state index in [0.29, 0.717) is 10.3 Å². The Morgan fingerprint density at radius 1 is 0.667 bits per heavy atom. The fourth-order valence-corrected chi connectivity index (χ4v) is 16.5. The molecule has 1 N–H and O–H groups in total. The summed E-state index contributed by atoms with van der Waals surface area (Å²) in [7, 11) is -4.16. The Morgan fingerprint density at radius 3 is 1.22 bits per heavy atom. The number of rotatable bonds is 5. The molecule has 0 saturated heterocycles. The third-order valence-corrected chi connectivity index (χ3v) is 14.8. The normalized spacial score (nSPS) is 53.8. The third-order valence-electron chi connectivity index (χ3n) is 9.73. The highest BCUT2D eigenvalue weighted by Gasteiger charge is 2.62. The molecular weight excluding hydrogens is 375 g/mol. The van der Waals surface area contributed by atoms with Crippen molar-refractivity contribution in [3.8, 4) is 0 Å². The third kappa shape index (κ3) is 2.98. The molecule has 0 unspecified atom stereocenters. The smallest absolute Gasteiger partial charge is 0.265 e. The molecule has 0 heterocycles. The van der Waals surface area contributed by atoms with E-state index in [-0.39, 0.29) is 13.7 Å². The van der Waals surface area contributed by atoms with E-state index in [1.54, 1.807) is 0 Å². The van der Waals surface area contributed by atoms with Gasteiger partial charge in [0.2, 0.25) is 0 Å². The second-order valence-corrected chi connectivity index (χ2v) is 16.5. The Bertz CT molecular complexity index is 615. The van der Waals surface area contributed by atoms with Crippen molar-refractivity contribution in [2.24, 2.45) is 35.5 Å². The second-order valence-electron chi connectivity index (χ2n) is 11.7. The molecule has 8 aliphatic rings. The van der Waals surface area contributed by atoms with Crippen molar-refractivity contribution in [2.75, 3.05) is 11.9 Å². The highest BCUT2D eigenvalue weighted by Crippen LogP contribution is 2.78. The van der Waals surface area contributed by atoms with Gasteiger partial charge in [0.15, 0.2) is 0 Å². The van der Waals surface area contributed by atoms with Gasteiger partial charge in [0.1, 0.15) is 0 Å². The summed E-state index contributed by atoms with van der Waals surface area (Å²) in [4.78, 5) is 0. The molecule has 8 aliphatic carbocycles. The standard InChI is InChI=1S/C22H35O3PS/c23-27(24,25)2-1-26(21-9-15-3-16(10-21)5-17(4-15)11-21)22-12-18-6-19(13-22)8-20(7-18)14-22/h15-20H,1-14H2,(H,23,24,25). The van der Waals surface area contributed by atoms with Crippen LogP contribution in [-0.4, -0.2) is 35.2 Å². The van der Waals surface area contributed by atoms with Crippen LogP contribution >= 0.6 is 7.92 Å². The molecule has 0 spiro atoms. The summed E-state index contributed by atoms with van der Waals surface area (Å²) >= 11 is 0. The zero-order valence-corrected chi connectivity index (χ0v) is 18.2.